The molecule has 3 heteroatoms. The number of rotatable bonds is 4. The summed E-state index contributed by atoms with van der Waals surface area (Å²) in [6.45, 7) is 0. The van der Waals surface area contributed by atoms with E-state index in [2.05, 4.69) is 218 Å². The van der Waals surface area contributed by atoms with Crippen LogP contribution in [0.2, 0.25) is 0 Å². The molecule has 0 saturated carbocycles. The summed E-state index contributed by atoms with van der Waals surface area (Å²) in [5, 5.41) is 17.4. The summed E-state index contributed by atoms with van der Waals surface area (Å²) < 4.78 is 12.3. The summed E-state index contributed by atoms with van der Waals surface area (Å²) >= 11 is 3.79. The summed E-state index contributed by atoms with van der Waals surface area (Å²) in [5.74, 6) is 0. The minimum atomic E-state index is 0.883. The van der Waals surface area contributed by atoms with E-state index in [0.29, 0.717) is 0 Å². The van der Waals surface area contributed by atoms with Crippen LogP contribution in [0.4, 0.5) is 0 Å². The Morgan fingerprint density at radius 1 is 0.254 bits per heavy atom. The van der Waals surface area contributed by atoms with Crippen molar-refractivity contribution in [3.05, 3.63) is 218 Å². The lowest BCUT2D eigenvalue weighted by atomic mass is 9.84. The molecule has 0 aliphatic carbocycles. The van der Waals surface area contributed by atoms with Gasteiger partial charge in [0.2, 0.25) is 0 Å². The lowest BCUT2D eigenvalue weighted by Gasteiger charge is -2.19. The van der Waals surface area contributed by atoms with Crippen molar-refractivity contribution in [1.29, 1.82) is 0 Å². The van der Waals surface area contributed by atoms with Crippen LogP contribution in [0.5, 0.6) is 0 Å². The molecule has 15 aromatic rings. The third-order valence-electron chi connectivity index (χ3n) is 14.3. The highest BCUT2D eigenvalue weighted by Crippen LogP contribution is 2.52. The van der Waals surface area contributed by atoms with Crippen LogP contribution in [0.25, 0.3) is 150 Å². The summed E-state index contributed by atoms with van der Waals surface area (Å²) in [5.41, 5.74) is 11.7. The minimum Gasteiger partial charge on any atom is -0.456 e. The molecule has 1 nitrogen and oxygen atoms in total. The SMILES string of the molecule is c1cc(-c2c3ccccc3c(-c3cccc4c3sc3ccccc34)c3ccccc23)c2c(c1)oc1cc(-c3c4ccccc4c(-c4cccc5c4sc4ccccc45)c4ccccc34)ccc12. The molecule has 0 spiro atoms. The van der Waals surface area contributed by atoms with Gasteiger partial charge in [0.1, 0.15) is 11.2 Å². The monoisotopic (exact) mass is 884 g/mol. The lowest BCUT2D eigenvalue weighted by Crippen LogP contribution is -1.91. The summed E-state index contributed by atoms with van der Waals surface area (Å²) in [7, 11) is 0. The Hall–Kier alpha value is -8.08. The highest BCUT2D eigenvalue weighted by Gasteiger charge is 2.24. The average molecular weight is 885 g/mol. The second kappa shape index (κ2) is 14.2. The third-order valence-corrected chi connectivity index (χ3v) is 16.7. The van der Waals surface area contributed by atoms with E-state index in [-0.39, 0.29) is 0 Å². The molecule has 0 aliphatic heterocycles. The lowest BCUT2D eigenvalue weighted by molar-refractivity contribution is 0.669. The molecule has 0 aliphatic rings. The fraction of sp³-hybridized carbons (Fsp3) is 0. The summed E-state index contributed by atoms with van der Waals surface area (Å²) in [6.07, 6.45) is 0. The number of benzene rings is 12. The molecule has 67 heavy (non-hydrogen) atoms. The third kappa shape index (κ3) is 5.30. The second-order valence-electron chi connectivity index (χ2n) is 17.7. The fourth-order valence-corrected chi connectivity index (χ4v) is 14.0. The molecule has 0 radical (unpaired) electrons. The average Bonchev–Trinajstić information content (AvgIpc) is 4.09. The van der Waals surface area contributed by atoms with Crippen molar-refractivity contribution in [1.82, 2.24) is 0 Å². The van der Waals surface area contributed by atoms with E-state index in [9.17, 15) is 0 Å². The smallest absolute Gasteiger partial charge is 0.136 e. The fourth-order valence-electron chi connectivity index (χ4n) is 11.5. The van der Waals surface area contributed by atoms with Crippen LogP contribution >= 0.6 is 22.7 Å². The molecule has 0 saturated heterocycles. The van der Waals surface area contributed by atoms with Crippen molar-refractivity contribution in [2.24, 2.45) is 0 Å². The maximum atomic E-state index is 6.97. The van der Waals surface area contributed by atoms with Crippen LogP contribution in [-0.4, -0.2) is 0 Å². The molecular weight excluding hydrogens is 849 g/mol. The summed E-state index contributed by atoms with van der Waals surface area (Å²) in [6, 6.07) is 80.7. The molecular formula is C64H36OS2. The van der Waals surface area contributed by atoms with Gasteiger partial charge in [-0.15, -0.1) is 22.7 Å². The first kappa shape index (κ1) is 37.2. The molecule has 0 atom stereocenters. The first-order valence-corrected chi connectivity index (χ1v) is 24.5. The predicted octanol–water partition coefficient (Wildman–Crippen LogP) is 19.6. The molecule has 0 fully saturated rings. The van der Waals surface area contributed by atoms with E-state index in [1.807, 2.05) is 22.7 Å². The maximum Gasteiger partial charge on any atom is 0.136 e. The van der Waals surface area contributed by atoms with Gasteiger partial charge in [-0.25, -0.2) is 0 Å². The van der Waals surface area contributed by atoms with Gasteiger partial charge in [0.05, 0.1) is 0 Å². The van der Waals surface area contributed by atoms with Gasteiger partial charge >= 0.3 is 0 Å². The quantitative estimate of drug-likeness (QED) is 0.161. The number of hydrogen-bond donors (Lipinski definition) is 0. The molecule has 3 aromatic heterocycles. The largest absolute Gasteiger partial charge is 0.456 e. The highest BCUT2D eigenvalue weighted by atomic mass is 32.1. The molecule has 0 amide bonds. The molecule has 15 rings (SSSR count). The molecule has 310 valence electrons. The zero-order chi connectivity index (χ0) is 43.7. The Morgan fingerprint density at radius 2 is 0.627 bits per heavy atom. The number of thiophene rings is 2. The minimum absolute atomic E-state index is 0.883. The summed E-state index contributed by atoms with van der Waals surface area (Å²) in [4.78, 5) is 0. The van der Waals surface area contributed by atoms with Crippen LogP contribution in [0.1, 0.15) is 0 Å². The van der Waals surface area contributed by atoms with Crippen molar-refractivity contribution in [2.45, 2.75) is 0 Å². The first-order chi connectivity index (χ1) is 33.3. The van der Waals surface area contributed by atoms with Gasteiger partial charge in [0, 0.05) is 62.2 Å². The maximum absolute atomic E-state index is 6.97. The Labute approximate surface area is 393 Å². The topological polar surface area (TPSA) is 13.1 Å². The second-order valence-corrected chi connectivity index (χ2v) is 19.8. The molecule has 0 N–H and O–H groups in total. The molecule has 0 bridgehead atoms. The van der Waals surface area contributed by atoms with Crippen molar-refractivity contribution in [3.8, 4) is 44.5 Å². The van der Waals surface area contributed by atoms with Gasteiger partial charge < -0.3 is 4.42 Å². The van der Waals surface area contributed by atoms with Crippen LogP contribution in [-0.2, 0) is 0 Å². The Morgan fingerprint density at radius 3 is 1.10 bits per heavy atom. The molecule has 0 unspecified atom stereocenters. The Bertz CT molecular complexity index is 4470. The van der Waals surface area contributed by atoms with E-state index in [1.165, 1.54) is 122 Å². The van der Waals surface area contributed by atoms with Crippen molar-refractivity contribution in [3.63, 3.8) is 0 Å². The zero-order valence-corrected chi connectivity index (χ0v) is 37.6. The van der Waals surface area contributed by atoms with E-state index in [0.717, 1.165) is 27.5 Å². The van der Waals surface area contributed by atoms with Crippen LogP contribution < -0.4 is 0 Å². The predicted molar refractivity (Wildman–Crippen MR) is 291 cm³/mol. The van der Waals surface area contributed by atoms with Gasteiger partial charge in [0.15, 0.2) is 0 Å². The van der Waals surface area contributed by atoms with Gasteiger partial charge in [-0.3, -0.25) is 0 Å². The van der Waals surface area contributed by atoms with E-state index in [1.54, 1.807) is 0 Å². The molecule has 12 aromatic carbocycles. The Kier molecular flexibility index (Phi) is 7.88. The number of hydrogen-bond acceptors (Lipinski definition) is 3. The Balaban J connectivity index is 0.957. The van der Waals surface area contributed by atoms with E-state index < -0.39 is 0 Å². The van der Waals surface area contributed by atoms with E-state index >= 15 is 0 Å². The van der Waals surface area contributed by atoms with Crippen LogP contribution in [0.15, 0.2) is 223 Å². The van der Waals surface area contributed by atoms with Crippen molar-refractivity contribution >= 4 is 128 Å². The first-order valence-electron chi connectivity index (χ1n) is 22.9. The standard InChI is InChI=1S/C64H36OS2/c1-3-20-42-40(18-1)58(41-19-2-4-21-43(41)60(42)52-29-13-26-48-38-16-9-11-32-56(38)66-63(48)52)37-34-35-50-55(36-37)65-54-31-15-28-51(62(50)54)59-44-22-5-7-24-46(44)61(47-25-8-6-23-45(47)59)53-30-14-27-49-39-17-10-12-33-57(39)67-64(49)53/h1-36H. The number of fused-ring (bicyclic) bond motifs is 13. The van der Waals surface area contributed by atoms with Crippen LogP contribution in [0, 0.1) is 0 Å². The highest BCUT2D eigenvalue weighted by molar-refractivity contribution is 7.26. The van der Waals surface area contributed by atoms with Gasteiger partial charge in [-0.05, 0) is 107 Å². The molecule has 3 heterocycles. The van der Waals surface area contributed by atoms with Crippen molar-refractivity contribution in [2.75, 3.05) is 0 Å². The van der Waals surface area contributed by atoms with Gasteiger partial charge in [0.25, 0.3) is 0 Å². The van der Waals surface area contributed by atoms with Gasteiger partial charge in [-0.2, -0.15) is 0 Å². The zero-order valence-electron chi connectivity index (χ0n) is 36.0. The van der Waals surface area contributed by atoms with E-state index in [4.69, 9.17) is 4.42 Å². The van der Waals surface area contributed by atoms with Crippen LogP contribution in [0.3, 0.4) is 0 Å². The van der Waals surface area contributed by atoms with Gasteiger partial charge in [-0.1, -0.05) is 188 Å². The number of furan rings is 1. The normalized spacial score (nSPS) is 12.2. The van der Waals surface area contributed by atoms with Crippen molar-refractivity contribution < 1.29 is 4.42 Å².